The number of benzene rings is 2. The highest BCUT2D eigenvalue weighted by Gasteiger charge is 2.20. The molecule has 1 aliphatic heterocycles. The first kappa shape index (κ1) is 14.2. The first-order valence-electron chi connectivity index (χ1n) is 6.93. The van der Waals surface area contributed by atoms with Crippen LogP contribution in [0.25, 0.3) is 0 Å². The van der Waals surface area contributed by atoms with Gasteiger partial charge in [-0.05, 0) is 41.0 Å². The number of ether oxygens (including phenoxy) is 2. The maximum atomic E-state index is 10.4. The number of hydrogen-bond acceptors (Lipinski definition) is 3. The second-order valence-electron chi connectivity index (χ2n) is 5.14. The van der Waals surface area contributed by atoms with Gasteiger partial charge in [-0.2, -0.15) is 0 Å². The summed E-state index contributed by atoms with van der Waals surface area (Å²) in [7, 11) is 1.62. The van der Waals surface area contributed by atoms with Crippen molar-refractivity contribution in [1.82, 2.24) is 0 Å². The fourth-order valence-electron chi connectivity index (χ4n) is 2.65. The molecule has 0 aliphatic carbocycles. The smallest absolute Gasteiger partial charge is 0.126 e. The average Bonchev–Trinajstić information content (AvgIpc) is 2.95. The molecule has 1 heterocycles. The van der Waals surface area contributed by atoms with Crippen molar-refractivity contribution < 1.29 is 14.6 Å². The number of aliphatic hydroxyl groups excluding tert-OH is 1. The van der Waals surface area contributed by atoms with Gasteiger partial charge in [-0.25, -0.2) is 0 Å². The monoisotopic (exact) mass is 304 g/mol. The Morgan fingerprint density at radius 3 is 2.76 bits per heavy atom. The average molecular weight is 305 g/mol. The zero-order valence-electron chi connectivity index (χ0n) is 11.8. The number of aliphatic hydroxyl groups is 1. The van der Waals surface area contributed by atoms with Crippen LogP contribution in [0.15, 0.2) is 36.4 Å². The number of methoxy groups -OCH3 is 1. The Kier molecular flexibility index (Phi) is 4.04. The second kappa shape index (κ2) is 5.96. The van der Waals surface area contributed by atoms with E-state index in [1.807, 2.05) is 36.4 Å². The number of rotatable bonds is 4. The lowest BCUT2D eigenvalue weighted by atomic mass is 9.98. The molecule has 1 aliphatic rings. The summed E-state index contributed by atoms with van der Waals surface area (Å²) in [5.41, 5.74) is 2.93. The number of hydrogen-bond donors (Lipinski definition) is 1. The highest BCUT2D eigenvalue weighted by Crippen LogP contribution is 2.35. The minimum atomic E-state index is -0.595. The second-order valence-corrected chi connectivity index (χ2v) is 5.58. The molecule has 0 bridgehead atoms. The van der Waals surface area contributed by atoms with Gasteiger partial charge in [0.05, 0.1) is 19.8 Å². The van der Waals surface area contributed by atoms with Gasteiger partial charge in [0.2, 0.25) is 0 Å². The van der Waals surface area contributed by atoms with Crippen molar-refractivity contribution in [2.75, 3.05) is 13.7 Å². The minimum Gasteiger partial charge on any atom is -0.497 e. The third-order valence-electron chi connectivity index (χ3n) is 3.74. The molecule has 2 aromatic rings. The zero-order valence-corrected chi connectivity index (χ0v) is 12.6. The van der Waals surface area contributed by atoms with Gasteiger partial charge in [-0.1, -0.05) is 23.7 Å². The summed E-state index contributed by atoms with van der Waals surface area (Å²) in [5, 5.41) is 11.1. The van der Waals surface area contributed by atoms with E-state index < -0.39 is 6.10 Å². The van der Waals surface area contributed by atoms with E-state index in [4.69, 9.17) is 21.1 Å². The standard InChI is InChI=1S/C17H17ClO3/c1-20-15-4-2-11(3-5-15)16(19)10-13-9-14(18)8-12-6-7-21-17(12)13/h2-5,8-9,16,19H,6-7,10H2,1H3. The predicted octanol–water partition coefficient (Wildman–Crippen LogP) is 3.56. The van der Waals surface area contributed by atoms with Crippen molar-refractivity contribution in [2.45, 2.75) is 18.9 Å². The third-order valence-corrected chi connectivity index (χ3v) is 3.96. The third kappa shape index (κ3) is 2.99. The topological polar surface area (TPSA) is 38.7 Å². The lowest BCUT2D eigenvalue weighted by Crippen LogP contribution is -2.03. The van der Waals surface area contributed by atoms with Gasteiger partial charge in [-0.3, -0.25) is 0 Å². The molecule has 3 nitrogen and oxygen atoms in total. The molecule has 1 unspecified atom stereocenters. The highest BCUT2D eigenvalue weighted by atomic mass is 35.5. The number of halogens is 1. The molecule has 2 aromatic carbocycles. The van der Waals surface area contributed by atoms with Crippen LogP contribution in [-0.2, 0) is 12.8 Å². The van der Waals surface area contributed by atoms with Crippen molar-refractivity contribution >= 4 is 11.6 Å². The minimum absolute atomic E-state index is 0.481. The Hall–Kier alpha value is -1.71. The van der Waals surface area contributed by atoms with E-state index in [1.165, 1.54) is 0 Å². The summed E-state index contributed by atoms with van der Waals surface area (Å²) in [5.74, 6) is 1.66. The summed E-state index contributed by atoms with van der Waals surface area (Å²) >= 11 is 6.14. The normalized spacial score (nSPS) is 14.4. The van der Waals surface area contributed by atoms with Gasteiger partial charge in [0.25, 0.3) is 0 Å². The molecule has 0 amide bonds. The molecule has 0 saturated carbocycles. The van der Waals surface area contributed by atoms with E-state index in [-0.39, 0.29) is 0 Å². The van der Waals surface area contributed by atoms with Crippen LogP contribution in [0.1, 0.15) is 22.8 Å². The van der Waals surface area contributed by atoms with Gasteiger partial charge in [0, 0.05) is 17.9 Å². The SMILES string of the molecule is COc1ccc(C(O)Cc2cc(Cl)cc3c2OCC3)cc1. The first-order chi connectivity index (χ1) is 10.2. The Morgan fingerprint density at radius 1 is 1.29 bits per heavy atom. The summed E-state index contributed by atoms with van der Waals surface area (Å²) in [6, 6.07) is 11.2. The molecule has 21 heavy (non-hydrogen) atoms. The van der Waals surface area contributed by atoms with Crippen molar-refractivity contribution in [2.24, 2.45) is 0 Å². The van der Waals surface area contributed by atoms with Crippen molar-refractivity contribution in [3.8, 4) is 11.5 Å². The molecule has 3 rings (SSSR count). The molecule has 1 atom stereocenters. The van der Waals surface area contributed by atoms with E-state index in [0.717, 1.165) is 34.6 Å². The molecule has 1 N–H and O–H groups in total. The van der Waals surface area contributed by atoms with Crippen LogP contribution >= 0.6 is 11.6 Å². The van der Waals surface area contributed by atoms with Gasteiger partial charge in [0.1, 0.15) is 11.5 Å². The van der Waals surface area contributed by atoms with Crippen LogP contribution in [0.2, 0.25) is 5.02 Å². The van der Waals surface area contributed by atoms with Crippen molar-refractivity contribution in [1.29, 1.82) is 0 Å². The molecule has 0 radical (unpaired) electrons. The van der Waals surface area contributed by atoms with Crippen LogP contribution in [0.5, 0.6) is 11.5 Å². The summed E-state index contributed by atoms with van der Waals surface area (Å²) in [6.45, 7) is 0.682. The number of fused-ring (bicyclic) bond motifs is 1. The van der Waals surface area contributed by atoms with Gasteiger partial charge in [0.15, 0.2) is 0 Å². The maximum absolute atomic E-state index is 10.4. The van der Waals surface area contributed by atoms with Crippen LogP contribution in [0.3, 0.4) is 0 Å². The molecular formula is C17H17ClO3. The van der Waals surface area contributed by atoms with E-state index in [0.29, 0.717) is 18.1 Å². The van der Waals surface area contributed by atoms with Crippen LogP contribution in [-0.4, -0.2) is 18.8 Å². The predicted molar refractivity (Wildman–Crippen MR) is 82.3 cm³/mol. The highest BCUT2D eigenvalue weighted by molar-refractivity contribution is 6.30. The molecular weight excluding hydrogens is 288 g/mol. The van der Waals surface area contributed by atoms with Crippen LogP contribution in [0.4, 0.5) is 0 Å². The molecule has 110 valence electrons. The fraction of sp³-hybridized carbons (Fsp3) is 0.294. The van der Waals surface area contributed by atoms with E-state index in [1.54, 1.807) is 7.11 Å². The van der Waals surface area contributed by atoms with E-state index in [2.05, 4.69) is 0 Å². The summed E-state index contributed by atoms with van der Waals surface area (Å²) in [4.78, 5) is 0. The van der Waals surface area contributed by atoms with Crippen molar-refractivity contribution in [3.63, 3.8) is 0 Å². The Bertz CT molecular complexity index is 637. The van der Waals surface area contributed by atoms with E-state index >= 15 is 0 Å². The first-order valence-corrected chi connectivity index (χ1v) is 7.31. The molecule has 0 saturated heterocycles. The van der Waals surface area contributed by atoms with Gasteiger partial charge >= 0.3 is 0 Å². The quantitative estimate of drug-likeness (QED) is 0.938. The lowest BCUT2D eigenvalue weighted by molar-refractivity contribution is 0.177. The lowest BCUT2D eigenvalue weighted by Gasteiger charge is -2.14. The molecule has 0 aromatic heterocycles. The fourth-order valence-corrected chi connectivity index (χ4v) is 2.91. The van der Waals surface area contributed by atoms with Gasteiger partial charge < -0.3 is 14.6 Å². The van der Waals surface area contributed by atoms with Crippen molar-refractivity contribution in [3.05, 3.63) is 58.1 Å². The van der Waals surface area contributed by atoms with E-state index in [9.17, 15) is 5.11 Å². The largest absolute Gasteiger partial charge is 0.497 e. The Balaban J connectivity index is 1.82. The molecule has 0 spiro atoms. The van der Waals surface area contributed by atoms with Crippen LogP contribution < -0.4 is 9.47 Å². The summed E-state index contributed by atoms with van der Waals surface area (Å²) in [6.07, 6.45) is 0.763. The molecule has 0 fully saturated rings. The van der Waals surface area contributed by atoms with Gasteiger partial charge in [-0.15, -0.1) is 0 Å². The Morgan fingerprint density at radius 2 is 2.05 bits per heavy atom. The van der Waals surface area contributed by atoms with Crippen LogP contribution in [0, 0.1) is 0 Å². The zero-order chi connectivity index (χ0) is 14.8. The summed E-state index contributed by atoms with van der Waals surface area (Å²) < 4.78 is 10.8. The molecule has 4 heteroatoms. The maximum Gasteiger partial charge on any atom is 0.126 e. The Labute approximate surface area is 129 Å².